The molecule has 1 amide bonds. The van der Waals surface area contributed by atoms with E-state index in [2.05, 4.69) is 5.32 Å². The van der Waals surface area contributed by atoms with Gasteiger partial charge in [0.15, 0.2) is 0 Å². The van der Waals surface area contributed by atoms with Crippen LogP contribution in [0.15, 0.2) is 12.1 Å². The minimum atomic E-state index is -0.316. The molecule has 0 radical (unpaired) electrons. The molecule has 23 heavy (non-hydrogen) atoms. The number of nitrogens with zero attached hydrogens (tertiary/aromatic N) is 1. The predicted molar refractivity (Wildman–Crippen MR) is 90.8 cm³/mol. The molecule has 0 aliphatic carbocycles. The van der Waals surface area contributed by atoms with Crippen LogP contribution in [-0.2, 0) is 4.79 Å². The summed E-state index contributed by atoms with van der Waals surface area (Å²) >= 11 is 11.9. The molecule has 0 bridgehead atoms. The molecule has 2 aliphatic heterocycles. The molecule has 2 atom stereocenters. The Bertz CT molecular complexity index is 599. The molecule has 5 nitrogen and oxygen atoms in total. The lowest BCUT2D eigenvalue weighted by Gasteiger charge is -2.38. The molecule has 0 spiro atoms. The largest absolute Gasteiger partial charge is 0.508 e. The number of likely N-dealkylation sites (tertiary alicyclic amines) is 1. The summed E-state index contributed by atoms with van der Waals surface area (Å²) in [5.74, 6) is 0.473. The van der Waals surface area contributed by atoms with Crippen LogP contribution in [-0.4, -0.2) is 41.6 Å². The van der Waals surface area contributed by atoms with Gasteiger partial charge in [0.05, 0.1) is 16.1 Å². The first kappa shape index (κ1) is 16.8. The quantitative estimate of drug-likeness (QED) is 0.775. The van der Waals surface area contributed by atoms with Crippen LogP contribution in [0, 0.1) is 5.92 Å². The number of benzene rings is 1. The Morgan fingerprint density at radius 1 is 1.26 bits per heavy atom. The molecule has 2 heterocycles. The number of rotatable bonds is 3. The van der Waals surface area contributed by atoms with Gasteiger partial charge in [-0.25, -0.2) is 0 Å². The molecule has 0 unspecified atom stereocenters. The molecular weight excluding hydrogens is 337 g/mol. The van der Waals surface area contributed by atoms with Crippen LogP contribution in [0.4, 0.5) is 0 Å². The second kappa shape index (κ2) is 6.85. The van der Waals surface area contributed by atoms with Crippen molar-refractivity contribution in [3.63, 3.8) is 0 Å². The Balaban J connectivity index is 1.63. The number of nitrogens with one attached hydrogen (secondary N) is 1. The summed E-state index contributed by atoms with van der Waals surface area (Å²) < 4.78 is 0. The van der Waals surface area contributed by atoms with E-state index in [1.165, 1.54) is 6.07 Å². The summed E-state index contributed by atoms with van der Waals surface area (Å²) in [4.78, 5) is 14.1. The Kier molecular flexibility index (Phi) is 5.01. The van der Waals surface area contributed by atoms with Crippen molar-refractivity contribution in [1.82, 2.24) is 10.2 Å². The minimum Gasteiger partial charge on any atom is -0.508 e. The maximum Gasteiger partial charge on any atom is 0.239 e. The van der Waals surface area contributed by atoms with Crippen LogP contribution in [0.3, 0.4) is 0 Å². The molecule has 1 aromatic rings. The molecular formula is C16H21Cl2N3O2. The Morgan fingerprint density at radius 2 is 1.87 bits per heavy atom. The molecule has 0 aromatic heterocycles. The van der Waals surface area contributed by atoms with Crippen molar-refractivity contribution in [1.29, 1.82) is 0 Å². The van der Waals surface area contributed by atoms with Crippen LogP contribution in [0.1, 0.15) is 30.9 Å². The zero-order chi connectivity index (χ0) is 16.6. The predicted octanol–water partition coefficient (Wildman–Crippen LogP) is 2.30. The fourth-order valence-electron chi connectivity index (χ4n) is 3.27. The first-order valence-corrected chi connectivity index (χ1v) is 8.68. The van der Waals surface area contributed by atoms with Gasteiger partial charge in [-0.05, 0) is 37.8 Å². The van der Waals surface area contributed by atoms with Gasteiger partial charge in [-0.3, -0.25) is 4.79 Å². The third-order valence-corrected chi connectivity index (χ3v) is 5.63. The highest BCUT2D eigenvalue weighted by molar-refractivity contribution is 6.42. The van der Waals surface area contributed by atoms with E-state index in [1.807, 2.05) is 4.90 Å². The number of carbonyl (C=O) groups excluding carboxylic acids is 1. The number of nitrogens with two attached hydrogens (primary N) is 1. The van der Waals surface area contributed by atoms with Crippen molar-refractivity contribution in [2.45, 2.75) is 31.3 Å². The van der Waals surface area contributed by atoms with Crippen molar-refractivity contribution in [2.75, 3.05) is 19.6 Å². The van der Waals surface area contributed by atoms with E-state index in [1.54, 1.807) is 6.07 Å². The van der Waals surface area contributed by atoms with Gasteiger partial charge in [0.25, 0.3) is 0 Å². The van der Waals surface area contributed by atoms with E-state index in [0.29, 0.717) is 28.7 Å². The van der Waals surface area contributed by atoms with Crippen molar-refractivity contribution in [3.05, 3.63) is 27.7 Å². The molecule has 2 aliphatic rings. The number of hydrogen-bond acceptors (Lipinski definition) is 4. The van der Waals surface area contributed by atoms with Crippen molar-refractivity contribution >= 4 is 29.1 Å². The van der Waals surface area contributed by atoms with E-state index >= 15 is 0 Å². The van der Waals surface area contributed by atoms with Gasteiger partial charge in [-0.2, -0.15) is 0 Å². The Hall–Kier alpha value is -1.01. The topological polar surface area (TPSA) is 78.6 Å². The van der Waals surface area contributed by atoms with Gasteiger partial charge in [-0.1, -0.05) is 23.2 Å². The number of amides is 1. The van der Waals surface area contributed by atoms with E-state index < -0.39 is 0 Å². The Labute approximate surface area is 145 Å². The first-order chi connectivity index (χ1) is 11.0. The van der Waals surface area contributed by atoms with Gasteiger partial charge in [0, 0.05) is 30.8 Å². The number of hydrogen-bond donors (Lipinski definition) is 3. The lowest BCUT2D eigenvalue weighted by atomic mass is 9.85. The van der Waals surface area contributed by atoms with Crippen LogP contribution in [0.2, 0.25) is 10.0 Å². The van der Waals surface area contributed by atoms with Crippen molar-refractivity contribution in [2.24, 2.45) is 11.7 Å². The Morgan fingerprint density at radius 3 is 2.43 bits per heavy atom. The average Bonchev–Trinajstić information content (AvgIpc) is 2.48. The highest BCUT2D eigenvalue weighted by Crippen LogP contribution is 2.37. The van der Waals surface area contributed by atoms with E-state index in [0.717, 1.165) is 25.8 Å². The van der Waals surface area contributed by atoms with E-state index in [9.17, 15) is 9.90 Å². The van der Waals surface area contributed by atoms with Crippen LogP contribution in [0.25, 0.3) is 0 Å². The van der Waals surface area contributed by atoms with Gasteiger partial charge < -0.3 is 21.1 Å². The monoisotopic (exact) mass is 357 g/mol. The molecule has 7 heteroatoms. The maximum atomic E-state index is 12.2. The van der Waals surface area contributed by atoms with Crippen LogP contribution < -0.4 is 11.1 Å². The molecule has 3 rings (SSSR count). The van der Waals surface area contributed by atoms with Gasteiger partial charge in [0.1, 0.15) is 5.75 Å². The zero-order valence-corrected chi connectivity index (χ0v) is 14.3. The van der Waals surface area contributed by atoms with Crippen LogP contribution >= 0.6 is 23.2 Å². The second-order valence-electron chi connectivity index (χ2n) is 6.31. The van der Waals surface area contributed by atoms with Gasteiger partial charge >= 0.3 is 0 Å². The minimum absolute atomic E-state index is 0.000611. The molecule has 2 saturated heterocycles. The standard InChI is InChI=1S/C16H21Cl2N3O2/c17-11-7-10(14(22)8-12(11)18)15(19)9-2-5-21(6-3-9)16(23)13-1-4-20-13/h7-9,13,15,20,22H,1-6,19H2/t13-,15-/m1/s1. The molecule has 2 fully saturated rings. The highest BCUT2D eigenvalue weighted by Gasteiger charge is 2.33. The smallest absolute Gasteiger partial charge is 0.239 e. The maximum absolute atomic E-state index is 12.2. The van der Waals surface area contributed by atoms with Gasteiger partial charge in [0.2, 0.25) is 5.91 Å². The van der Waals surface area contributed by atoms with E-state index in [4.69, 9.17) is 28.9 Å². The molecule has 4 N–H and O–H groups in total. The SMILES string of the molecule is N[C@@H](c1cc(Cl)c(Cl)cc1O)C1CCN(C(=O)[C@H]2CCN2)CC1. The molecule has 1 aromatic carbocycles. The van der Waals surface area contributed by atoms with Crippen molar-refractivity contribution in [3.8, 4) is 5.75 Å². The highest BCUT2D eigenvalue weighted by atomic mass is 35.5. The van der Waals surface area contributed by atoms with E-state index in [-0.39, 0.29) is 29.7 Å². The lowest BCUT2D eigenvalue weighted by molar-refractivity contribution is -0.136. The number of phenolic OH excluding ortho intramolecular Hbond substituents is 1. The average molecular weight is 358 g/mol. The summed E-state index contributed by atoms with van der Waals surface area (Å²) in [7, 11) is 0. The lowest BCUT2D eigenvalue weighted by Crippen LogP contribution is -2.56. The second-order valence-corrected chi connectivity index (χ2v) is 7.12. The third-order valence-electron chi connectivity index (χ3n) is 4.91. The van der Waals surface area contributed by atoms with Gasteiger partial charge in [-0.15, -0.1) is 0 Å². The summed E-state index contributed by atoms with van der Waals surface area (Å²) in [6.45, 7) is 2.34. The summed E-state index contributed by atoms with van der Waals surface area (Å²) in [5, 5.41) is 13.9. The fourth-order valence-corrected chi connectivity index (χ4v) is 3.60. The van der Waals surface area contributed by atoms with Crippen LogP contribution in [0.5, 0.6) is 5.75 Å². The normalized spacial score (nSPS) is 23.4. The van der Waals surface area contributed by atoms with Crippen molar-refractivity contribution < 1.29 is 9.90 Å². The number of halogens is 2. The first-order valence-electron chi connectivity index (χ1n) is 7.93. The number of carbonyl (C=O) groups is 1. The number of piperidine rings is 1. The zero-order valence-electron chi connectivity index (χ0n) is 12.8. The molecule has 126 valence electrons. The molecule has 0 saturated carbocycles. The fraction of sp³-hybridized carbons (Fsp3) is 0.562. The number of aromatic hydroxyl groups is 1. The summed E-state index contributed by atoms with van der Waals surface area (Å²) in [6, 6.07) is 2.75. The summed E-state index contributed by atoms with van der Waals surface area (Å²) in [6.07, 6.45) is 2.56. The third kappa shape index (κ3) is 3.43. The summed E-state index contributed by atoms with van der Waals surface area (Å²) in [5.41, 5.74) is 6.95. The number of phenols is 1.